The molecule has 0 aliphatic rings. The van der Waals surface area contributed by atoms with Crippen molar-refractivity contribution in [1.82, 2.24) is 9.97 Å². The summed E-state index contributed by atoms with van der Waals surface area (Å²) < 4.78 is 24.3. The number of hydrogen-bond donors (Lipinski definition) is 3. The number of nitrogens with zero attached hydrogens (tertiary/aromatic N) is 4. The number of nitrogens with two attached hydrogens (primary N) is 1. The third kappa shape index (κ3) is 5.95. The number of anilines is 3. The molecule has 0 saturated heterocycles. The zero-order valence-corrected chi connectivity index (χ0v) is 21.7. The maximum atomic E-state index is 14.0. The summed E-state index contributed by atoms with van der Waals surface area (Å²) in [5.41, 5.74) is 8.70. The van der Waals surface area contributed by atoms with E-state index in [2.05, 4.69) is 27.4 Å². The SMILES string of the molecule is COc1ccc(Nc2nc(CSc3nc(N)c(C#N)c(-c4ccc(OCCO)cc4)c3C#N)cs2)cc1F. The van der Waals surface area contributed by atoms with E-state index in [1.807, 2.05) is 5.38 Å². The van der Waals surface area contributed by atoms with Crippen molar-refractivity contribution in [3.8, 4) is 34.8 Å². The molecular weight excluding hydrogens is 527 g/mol. The van der Waals surface area contributed by atoms with Gasteiger partial charge in [-0.3, -0.25) is 0 Å². The maximum absolute atomic E-state index is 14.0. The van der Waals surface area contributed by atoms with Gasteiger partial charge in [0.05, 0.1) is 25.0 Å². The van der Waals surface area contributed by atoms with Crippen LogP contribution in [0.15, 0.2) is 52.9 Å². The third-order valence-corrected chi connectivity index (χ3v) is 7.05. The van der Waals surface area contributed by atoms with Crippen LogP contribution in [0.4, 0.5) is 21.0 Å². The number of nitriles is 2. The smallest absolute Gasteiger partial charge is 0.187 e. The summed E-state index contributed by atoms with van der Waals surface area (Å²) in [4.78, 5) is 8.85. The average molecular weight is 549 g/mol. The van der Waals surface area contributed by atoms with Crippen molar-refractivity contribution < 1.29 is 19.0 Å². The maximum Gasteiger partial charge on any atom is 0.187 e. The zero-order valence-electron chi connectivity index (χ0n) is 20.1. The molecule has 4 aromatic rings. The Hall–Kier alpha value is -4.36. The van der Waals surface area contributed by atoms with Crippen molar-refractivity contribution >= 4 is 39.7 Å². The standard InChI is InChI=1S/C26H21FN6O3S2/c1-35-22-7-4-16(10-21(22)27)31-26-32-17(14-38-26)13-37-25-20(12-29)23(19(11-28)24(30)33-25)15-2-5-18(6-3-15)36-9-8-34/h2-7,10,14,34H,8-9,13H2,1H3,(H2,30,33)(H,31,32). The fourth-order valence-corrected chi connectivity index (χ4v) is 5.24. The van der Waals surface area contributed by atoms with Gasteiger partial charge in [0.15, 0.2) is 16.7 Å². The number of aliphatic hydroxyl groups is 1. The molecule has 2 aromatic carbocycles. The van der Waals surface area contributed by atoms with Crippen LogP contribution >= 0.6 is 23.1 Å². The fourth-order valence-electron chi connectivity index (χ4n) is 3.51. The lowest BCUT2D eigenvalue weighted by Gasteiger charge is -2.13. The van der Waals surface area contributed by atoms with Crippen LogP contribution in [0.1, 0.15) is 16.8 Å². The van der Waals surface area contributed by atoms with Gasteiger partial charge in [-0.25, -0.2) is 14.4 Å². The molecule has 0 aliphatic carbocycles. The molecule has 0 atom stereocenters. The number of ether oxygens (including phenoxy) is 2. The van der Waals surface area contributed by atoms with Crippen LogP contribution in [0.2, 0.25) is 0 Å². The van der Waals surface area contributed by atoms with Gasteiger partial charge in [0.2, 0.25) is 0 Å². The normalized spacial score (nSPS) is 10.4. The van der Waals surface area contributed by atoms with E-state index in [1.165, 1.54) is 42.3 Å². The second kappa shape index (κ2) is 12.3. The first-order valence-electron chi connectivity index (χ1n) is 11.1. The highest BCUT2D eigenvalue weighted by molar-refractivity contribution is 7.98. The van der Waals surface area contributed by atoms with E-state index >= 15 is 0 Å². The van der Waals surface area contributed by atoms with Gasteiger partial charge < -0.3 is 25.6 Å². The lowest BCUT2D eigenvalue weighted by Crippen LogP contribution is -2.04. The Morgan fingerprint density at radius 3 is 2.55 bits per heavy atom. The van der Waals surface area contributed by atoms with Crippen LogP contribution < -0.4 is 20.5 Å². The lowest BCUT2D eigenvalue weighted by molar-refractivity contribution is 0.201. The summed E-state index contributed by atoms with van der Waals surface area (Å²) in [6.45, 7) is 0.0387. The number of benzene rings is 2. The number of nitrogen functional groups attached to an aromatic ring is 1. The molecule has 192 valence electrons. The van der Waals surface area contributed by atoms with Crippen LogP contribution in [0.3, 0.4) is 0 Å². The fraction of sp³-hybridized carbons (Fsp3) is 0.154. The van der Waals surface area contributed by atoms with Gasteiger partial charge in [0.25, 0.3) is 0 Å². The number of halogens is 1. The van der Waals surface area contributed by atoms with Crippen molar-refractivity contribution in [2.45, 2.75) is 10.8 Å². The number of aromatic nitrogens is 2. The summed E-state index contributed by atoms with van der Waals surface area (Å²) in [6, 6.07) is 15.6. The number of nitrogens with one attached hydrogen (secondary N) is 1. The molecule has 0 bridgehead atoms. The van der Waals surface area contributed by atoms with E-state index in [9.17, 15) is 14.9 Å². The molecule has 0 aliphatic heterocycles. The topological polar surface area (TPSA) is 150 Å². The van der Waals surface area contributed by atoms with E-state index in [0.717, 1.165) is 5.69 Å². The van der Waals surface area contributed by atoms with Gasteiger partial charge in [0, 0.05) is 28.5 Å². The second-order valence-corrected chi connectivity index (χ2v) is 9.48. The number of rotatable bonds is 10. The predicted molar refractivity (Wildman–Crippen MR) is 144 cm³/mol. The molecule has 9 nitrogen and oxygen atoms in total. The lowest BCUT2D eigenvalue weighted by atomic mass is 9.97. The van der Waals surface area contributed by atoms with Crippen LogP contribution in [0.25, 0.3) is 11.1 Å². The van der Waals surface area contributed by atoms with Crippen LogP contribution in [-0.2, 0) is 5.75 Å². The number of hydrogen-bond acceptors (Lipinski definition) is 11. The van der Waals surface area contributed by atoms with Crippen molar-refractivity contribution in [1.29, 1.82) is 10.5 Å². The number of aliphatic hydroxyl groups excluding tert-OH is 1. The zero-order chi connectivity index (χ0) is 27.1. The molecule has 0 amide bonds. The Bertz CT molecular complexity index is 1530. The Kier molecular flexibility index (Phi) is 8.61. The monoisotopic (exact) mass is 548 g/mol. The van der Waals surface area contributed by atoms with Crippen LogP contribution in [0, 0.1) is 28.5 Å². The Morgan fingerprint density at radius 1 is 1.13 bits per heavy atom. The molecule has 4 rings (SSSR count). The van der Waals surface area contributed by atoms with Gasteiger partial charge in [-0.1, -0.05) is 23.9 Å². The highest BCUT2D eigenvalue weighted by Crippen LogP contribution is 2.37. The number of thiazole rings is 1. The van der Waals surface area contributed by atoms with Gasteiger partial charge >= 0.3 is 0 Å². The summed E-state index contributed by atoms with van der Waals surface area (Å²) in [6.07, 6.45) is 0. The van der Waals surface area contributed by atoms with Crippen molar-refractivity contribution in [3.05, 3.63) is 70.5 Å². The first-order chi connectivity index (χ1) is 18.5. The highest BCUT2D eigenvalue weighted by atomic mass is 32.2. The molecule has 2 heterocycles. The van der Waals surface area contributed by atoms with E-state index in [1.54, 1.807) is 30.3 Å². The first-order valence-corrected chi connectivity index (χ1v) is 13.0. The summed E-state index contributed by atoms with van der Waals surface area (Å²) in [5.74, 6) is 0.616. The molecule has 0 spiro atoms. The molecule has 2 aromatic heterocycles. The van der Waals surface area contributed by atoms with Crippen LogP contribution in [0.5, 0.6) is 11.5 Å². The van der Waals surface area contributed by atoms with Crippen LogP contribution in [-0.4, -0.2) is 35.4 Å². The van der Waals surface area contributed by atoms with E-state index in [-0.39, 0.29) is 35.9 Å². The van der Waals surface area contributed by atoms with Crippen molar-refractivity contribution in [2.75, 3.05) is 31.4 Å². The average Bonchev–Trinajstić information content (AvgIpc) is 3.37. The van der Waals surface area contributed by atoms with E-state index in [0.29, 0.717) is 38.5 Å². The largest absolute Gasteiger partial charge is 0.494 e. The molecule has 38 heavy (non-hydrogen) atoms. The minimum Gasteiger partial charge on any atom is -0.494 e. The van der Waals surface area contributed by atoms with Gasteiger partial charge in [-0.05, 0) is 29.8 Å². The Morgan fingerprint density at radius 2 is 1.89 bits per heavy atom. The Labute approximate surface area is 226 Å². The summed E-state index contributed by atoms with van der Waals surface area (Å²) >= 11 is 2.62. The minimum absolute atomic E-state index is 0.0202. The van der Waals surface area contributed by atoms with Gasteiger partial charge in [-0.2, -0.15) is 10.5 Å². The quantitative estimate of drug-likeness (QED) is 0.229. The van der Waals surface area contributed by atoms with Crippen molar-refractivity contribution in [3.63, 3.8) is 0 Å². The summed E-state index contributed by atoms with van der Waals surface area (Å²) in [7, 11) is 1.40. The molecule has 4 N–H and O–H groups in total. The molecule has 0 fully saturated rings. The molecule has 0 radical (unpaired) electrons. The number of pyridine rings is 1. The minimum atomic E-state index is -0.485. The third-order valence-electron chi connectivity index (χ3n) is 5.23. The van der Waals surface area contributed by atoms with Crippen molar-refractivity contribution in [2.24, 2.45) is 0 Å². The molecule has 12 heteroatoms. The second-order valence-electron chi connectivity index (χ2n) is 7.65. The predicted octanol–water partition coefficient (Wildman–Crippen LogP) is 5.09. The van der Waals surface area contributed by atoms with Gasteiger partial charge in [-0.15, -0.1) is 11.3 Å². The van der Waals surface area contributed by atoms with Gasteiger partial charge in [0.1, 0.15) is 40.9 Å². The van der Waals surface area contributed by atoms with E-state index < -0.39 is 5.82 Å². The number of methoxy groups -OCH3 is 1. The summed E-state index contributed by atoms with van der Waals surface area (Å²) in [5, 5.41) is 34.5. The molecular formula is C26H21FN6O3S2. The Balaban J connectivity index is 1.56. The number of thioether (sulfide) groups is 1. The highest BCUT2D eigenvalue weighted by Gasteiger charge is 2.21. The molecule has 0 saturated carbocycles. The first kappa shape index (κ1) is 26.7. The van der Waals surface area contributed by atoms with E-state index in [4.69, 9.17) is 20.3 Å². The molecule has 0 unspecified atom stereocenters.